The molecule has 0 aliphatic heterocycles. The molecule has 0 radical (unpaired) electrons. The maximum absolute atomic E-state index is 12.2. The monoisotopic (exact) mass is 393 g/mol. The molecule has 2 saturated carbocycles. The molecule has 0 bridgehead atoms. The lowest BCUT2D eigenvalue weighted by Crippen LogP contribution is -2.36. The van der Waals surface area contributed by atoms with Gasteiger partial charge in [-0.2, -0.15) is 0 Å². The molecule has 2 amide bonds. The van der Waals surface area contributed by atoms with Gasteiger partial charge in [0.2, 0.25) is 11.6 Å². The number of hydrogen-bond donors (Lipinski definition) is 2. The number of amides is 2. The van der Waals surface area contributed by atoms with Gasteiger partial charge < -0.3 is 16.0 Å². The van der Waals surface area contributed by atoms with Crippen LogP contribution < -0.4 is 10.6 Å². The zero-order valence-corrected chi connectivity index (χ0v) is 16.8. The Bertz CT molecular complexity index is 754. The molecule has 2 aliphatic rings. The summed E-state index contributed by atoms with van der Waals surface area (Å²) in [6, 6.07) is 0.302. The first-order valence-electron chi connectivity index (χ1n) is 10.5. The molecule has 0 aromatic carbocycles. The first-order valence-corrected chi connectivity index (χ1v) is 10.5. The van der Waals surface area contributed by atoms with Crippen molar-refractivity contribution in [3.8, 4) is 0 Å². The molecular weight excluding hydrogens is 364 g/mol. The highest BCUT2D eigenvalue weighted by atomic mass is 16.2. The van der Waals surface area contributed by atoms with Gasteiger partial charge in [-0.15, -0.1) is 0 Å². The number of carbonyl (C=O) groups excluding carboxylic acids is 2. The van der Waals surface area contributed by atoms with Crippen LogP contribution in [-0.2, 0) is 9.59 Å². The summed E-state index contributed by atoms with van der Waals surface area (Å²) in [6.07, 6.45) is 18.3. The molecule has 154 valence electrons. The van der Waals surface area contributed by atoms with Crippen molar-refractivity contribution in [1.82, 2.24) is 10.6 Å². The standard InChI is InChI=1S/C23H29N4O2/c1-25-21(23(29)27-20-14-8-4-9-15-20)16-10-2-5-11-18(17-24)22(28)26-19-12-6-3-7-13-19/h2,5,10-11,16,19-20H,3-4,6-9,12-15H2,(H,26,28)(H,27,29)/q-1. The van der Waals surface area contributed by atoms with Crippen LogP contribution in [0, 0.1) is 6.57 Å². The summed E-state index contributed by atoms with van der Waals surface area (Å²) in [4.78, 5) is 27.7. The van der Waals surface area contributed by atoms with Gasteiger partial charge >= 0.3 is 0 Å². The molecule has 6 nitrogen and oxygen atoms in total. The van der Waals surface area contributed by atoms with E-state index in [9.17, 15) is 15.0 Å². The van der Waals surface area contributed by atoms with E-state index in [0.717, 1.165) is 51.4 Å². The summed E-state index contributed by atoms with van der Waals surface area (Å²) in [5.41, 5.74) is 0.0735. The van der Waals surface area contributed by atoms with Gasteiger partial charge in [-0.1, -0.05) is 62.8 Å². The fraction of sp³-hybridized carbons (Fsp3) is 0.522. The summed E-state index contributed by atoms with van der Waals surface area (Å²) >= 11 is 0. The molecule has 2 aliphatic carbocycles. The van der Waals surface area contributed by atoms with Crippen LogP contribution in [0.3, 0.4) is 0 Å². The second kappa shape index (κ2) is 12.5. The van der Waals surface area contributed by atoms with Crippen LogP contribution in [0.15, 0.2) is 41.7 Å². The lowest BCUT2D eigenvalue weighted by molar-refractivity contribution is -0.118. The summed E-state index contributed by atoms with van der Waals surface area (Å²) in [6.45, 7) is 7.21. The minimum Gasteiger partial charge on any atom is -0.763 e. The highest BCUT2D eigenvalue weighted by molar-refractivity contribution is 6.05. The first-order chi connectivity index (χ1) is 14.1. The van der Waals surface area contributed by atoms with Crippen LogP contribution in [0.2, 0.25) is 0 Å². The van der Waals surface area contributed by atoms with E-state index < -0.39 is 0 Å². The number of carbonyl (C=O) groups is 2. The first kappa shape index (κ1) is 22.4. The van der Waals surface area contributed by atoms with E-state index in [1.807, 2.05) is 5.87 Å². The predicted molar refractivity (Wildman–Crippen MR) is 115 cm³/mol. The smallest absolute Gasteiger partial charge is 0.257 e. The van der Waals surface area contributed by atoms with E-state index >= 15 is 0 Å². The van der Waals surface area contributed by atoms with Crippen molar-refractivity contribution in [3.63, 3.8) is 0 Å². The van der Waals surface area contributed by atoms with Crippen LogP contribution in [0.4, 0.5) is 0 Å². The number of nitrogens with zero attached hydrogens (tertiary/aromatic N) is 2. The predicted octanol–water partition coefficient (Wildman–Crippen LogP) is 3.97. The highest BCUT2D eigenvalue weighted by Gasteiger charge is 2.18. The second-order valence-electron chi connectivity index (χ2n) is 7.55. The largest absolute Gasteiger partial charge is 0.763 e. The third-order valence-electron chi connectivity index (χ3n) is 5.34. The van der Waals surface area contributed by atoms with E-state index in [1.165, 1.54) is 25.0 Å². The topological polar surface area (TPSA) is 84.9 Å². The van der Waals surface area contributed by atoms with Crippen molar-refractivity contribution in [2.24, 2.45) is 0 Å². The molecule has 0 atom stereocenters. The van der Waals surface area contributed by atoms with Crippen molar-refractivity contribution in [3.05, 3.63) is 58.5 Å². The molecule has 0 saturated heterocycles. The summed E-state index contributed by atoms with van der Waals surface area (Å²) in [7, 11) is 0. The number of hydrogen-bond acceptors (Lipinski definition) is 2. The molecule has 0 spiro atoms. The zero-order valence-electron chi connectivity index (χ0n) is 16.8. The van der Waals surface area contributed by atoms with Crippen LogP contribution in [0.25, 0.3) is 10.3 Å². The molecule has 6 heteroatoms. The van der Waals surface area contributed by atoms with E-state index in [1.54, 1.807) is 18.2 Å². The van der Waals surface area contributed by atoms with Crippen LogP contribution in [0.5, 0.6) is 0 Å². The average molecular weight is 394 g/mol. The zero-order chi connectivity index (χ0) is 20.9. The summed E-state index contributed by atoms with van der Waals surface area (Å²) in [5, 5.41) is 15.0. The summed E-state index contributed by atoms with van der Waals surface area (Å²) < 4.78 is 0. The Labute approximate surface area is 173 Å². The fourth-order valence-electron chi connectivity index (χ4n) is 3.71. The normalized spacial score (nSPS) is 18.9. The number of rotatable bonds is 7. The minimum absolute atomic E-state index is 0.0275. The maximum atomic E-state index is 12.2. The molecule has 2 N–H and O–H groups in total. The third-order valence-corrected chi connectivity index (χ3v) is 5.34. The van der Waals surface area contributed by atoms with E-state index in [4.69, 9.17) is 6.57 Å². The minimum atomic E-state index is -0.353. The third kappa shape index (κ3) is 7.93. The lowest BCUT2D eigenvalue weighted by atomic mass is 9.95. The van der Waals surface area contributed by atoms with Crippen molar-refractivity contribution in [2.75, 3.05) is 0 Å². The van der Waals surface area contributed by atoms with E-state index in [0.29, 0.717) is 0 Å². The molecule has 0 aromatic heterocycles. The van der Waals surface area contributed by atoms with Crippen LogP contribution >= 0.6 is 0 Å². The van der Waals surface area contributed by atoms with Gasteiger partial charge in [0.1, 0.15) is 0 Å². The Balaban J connectivity index is 1.85. The van der Waals surface area contributed by atoms with E-state index in [-0.39, 0.29) is 35.2 Å². The molecule has 0 aromatic rings. The van der Waals surface area contributed by atoms with Gasteiger partial charge in [-0.25, -0.2) is 4.85 Å². The van der Waals surface area contributed by atoms with Gasteiger partial charge in [0, 0.05) is 12.1 Å². The lowest BCUT2D eigenvalue weighted by Gasteiger charge is -2.22. The van der Waals surface area contributed by atoms with Crippen molar-refractivity contribution in [2.45, 2.75) is 76.3 Å². The van der Waals surface area contributed by atoms with Crippen LogP contribution in [0.1, 0.15) is 64.2 Å². The van der Waals surface area contributed by atoms with Crippen LogP contribution in [-0.4, -0.2) is 29.8 Å². The van der Waals surface area contributed by atoms with Gasteiger partial charge in [0.25, 0.3) is 5.91 Å². The van der Waals surface area contributed by atoms with Gasteiger partial charge in [-0.05, 0) is 31.8 Å². The Morgan fingerprint density at radius 2 is 1.41 bits per heavy atom. The molecule has 29 heavy (non-hydrogen) atoms. The number of allylic oxidation sites excluding steroid dienone is 4. The average Bonchev–Trinajstić information content (AvgIpc) is 2.74. The van der Waals surface area contributed by atoms with E-state index in [2.05, 4.69) is 15.5 Å². The van der Waals surface area contributed by atoms with Crippen molar-refractivity contribution >= 4 is 17.7 Å². The fourth-order valence-corrected chi connectivity index (χ4v) is 3.71. The number of nitrogens with one attached hydrogen (secondary N) is 2. The molecule has 2 fully saturated rings. The Morgan fingerprint density at radius 1 is 0.862 bits per heavy atom. The van der Waals surface area contributed by atoms with Crippen molar-refractivity contribution in [1.29, 1.82) is 0 Å². The van der Waals surface area contributed by atoms with Gasteiger partial charge in [0.05, 0.1) is 12.1 Å². The van der Waals surface area contributed by atoms with Gasteiger partial charge in [-0.3, -0.25) is 15.5 Å². The Hall–Kier alpha value is -2.90. The highest BCUT2D eigenvalue weighted by Crippen LogP contribution is 2.18. The van der Waals surface area contributed by atoms with Gasteiger partial charge in [0.15, 0.2) is 0 Å². The van der Waals surface area contributed by atoms with Crippen molar-refractivity contribution < 1.29 is 9.59 Å². The maximum Gasteiger partial charge on any atom is 0.257 e. The SMILES string of the molecule is [C-]#[N+]C(=CC=CC=CC(=C=[N-])C(=O)NC1CCCCC1)C(=O)NC1CCCCC1. The second-order valence-corrected chi connectivity index (χ2v) is 7.55. The molecule has 2 rings (SSSR count). The molecular formula is C23H29N4O2-. The molecule has 0 unspecified atom stereocenters. The Morgan fingerprint density at radius 3 is 1.93 bits per heavy atom. The Kier molecular flexibility index (Phi) is 9.68. The summed E-state index contributed by atoms with van der Waals surface area (Å²) in [5.74, 6) is 1.22. The molecule has 0 heterocycles. The quantitative estimate of drug-likeness (QED) is 0.297.